The third-order valence-corrected chi connectivity index (χ3v) is 3.93. The Hall–Kier alpha value is -2.20. The first-order chi connectivity index (χ1) is 10.8. The number of hydrogen-bond acceptors (Lipinski definition) is 4. The smallest absolute Gasteiger partial charge is 0.190 e. The third-order valence-electron chi connectivity index (χ3n) is 3.93. The van der Waals surface area contributed by atoms with Gasteiger partial charge in [0.15, 0.2) is 5.60 Å². The molecule has 0 fully saturated rings. The van der Waals surface area contributed by atoms with Gasteiger partial charge >= 0.3 is 0 Å². The van der Waals surface area contributed by atoms with E-state index in [1.807, 2.05) is 36.4 Å². The van der Waals surface area contributed by atoms with Crippen LogP contribution in [-0.4, -0.2) is 23.9 Å². The van der Waals surface area contributed by atoms with Crippen molar-refractivity contribution in [3.8, 4) is 0 Å². The molecule has 0 amide bonds. The molecule has 116 valence electrons. The van der Waals surface area contributed by atoms with Gasteiger partial charge in [-0.15, -0.1) is 0 Å². The van der Waals surface area contributed by atoms with Gasteiger partial charge in [0, 0.05) is 5.57 Å². The zero-order chi connectivity index (χ0) is 15.3. The number of allylic oxidation sites excluding steroid dienone is 2. The Balaban J connectivity index is 1.83. The Morgan fingerprint density at radius 1 is 1.18 bits per heavy atom. The van der Waals surface area contributed by atoms with Crippen molar-refractivity contribution in [2.75, 3.05) is 13.2 Å². The van der Waals surface area contributed by atoms with Crippen LogP contribution in [0, 0.1) is 0 Å². The van der Waals surface area contributed by atoms with E-state index in [9.17, 15) is 5.11 Å². The van der Waals surface area contributed by atoms with Crippen molar-refractivity contribution in [1.82, 2.24) is 0 Å². The van der Waals surface area contributed by atoms with Gasteiger partial charge in [-0.2, -0.15) is 0 Å². The predicted molar refractivity (Wildman–Crippen MR) is 82.6 cm³/mol. The van der Waals surface area contributed by atoms with E-state index >= 15 is 0 Å². The monoisotopic (exact) mass is 300 g/mol. The van der Waals surface area contributed by atoms with Crippen LogP contribution in [0.25, 0.3) is 0 Å². The highest BCUT2D eigenvalue weighted by atomic mass is 16.6. The minimum Gasteiger partial charge on any atom is -0.493 e. The molecule has 1 heterocycles. The Morgan fingerprint density at radius 3 is 2.77 bits per heavy atom. The standard InChI is InChI=1S/C18H20O4/c19-13-18(14-20-10-11-22-18)16-8-4-5-9-17(16)21-12-15-6-2-1-3-7-15/h1-3,5-7,9-11,19H,4,8,12-14H2. The highest BCUT2D eigenvalue weighted by Crippen LogP contribution is 2.34. The molecule has 1 aromatic rings. The minimum absolute atomic E-state index is 0.140. The fourth-order valence-corrected chi connectivity index (χ4v) is 2.72. The van der Waals surface area contributed by atoms with E-state index < -0.39 is 5.60 Å². The first-order valence-electron chi connectivity index (χ1n) is 7.46. The predicted octanol–water partition coefficient (Wildman–Crippen LogP) is 3.06. The van der Waals surface area contributed by atoms with Gasteiger partial charge in [0.1, 0.15) is 31.5 Å². The lowest BCUT2D eigenvalue weighted by atomic mass is 9.87. The van der Waals surface area contributed by atoms with Crippen LogP contribution in [0.5, 0.6) is 0 Å². The average Bonchev–Trinajstić information content (AvgIpc) is 2.62. The molecule has 0 saturated heterocycles. The summed E-state index contributed by atoms with van der Waals surface area (Å²) in [5.74, 6) is 0.767. The van der Waals surface area contributed by atoms with E-state index in [0.29, 0.717) is 13.2 Å². The quantitative estimate of drug-likeness (QED) is 0.908. The van der Waals surface area contributed by atoms with E-state index in [0.717, 1.165) is 29.7 Å². The molecule has 0 bridgehead atoms. The van der Waals surface area contributed by atoms with Crippen molar-refractivity contribution in [2.45, 2.75) is 25.0 Å². The van der Waals surface area contributed by atoms with Gasteiger partial charge < -0.3 is 19.3 Å². The van der Waals surface area contributed by atoms with Crippen molar-refractivity contribution < 1.29 is 19.3 Å². The number of rotatable bonds is 5. The average molecular weight is 300 g/mol. The normalized spacial score (nSPS) is 23.9. The third kappa shape index (κ3) is 3.02. The molecule has 4 heteroatoms. The molecule has 0 saturated carbocycles. The second-order valence-electron chi connectivity index (χ2n) is 5.41. The molecule has 0 aromatic heterocycles. The van der Waals surface area contributed by atoms with Crippen LogP contribution in [0.1, 0.15) is 18.4 Å². The summed E-state index contributed by atoms with van der Waals surface area (Å²) in [7, 11) is 0. The first-order valence-corrected chi connectivity index (χ1v) is 7.46. The maximum atomic E-state index is 9.84. The summed E-state index contributed by atoms with van der Waals surface area (Å²) in [6, 6.07) is 10.0. The van der Waals surface area contributed by atoms with Crippen molar-refractivity contribution in [2.24, 2.45) is 0 Å². The maximum Gasteiger partial charge on any atom is 0.190 e. The fourth-order valence-electron chi connectivity index (χ4n) is 2.72. The van der Waals surface area contributed by atoms with Crippen LogP contribution in [-0.2, 0) is 20.8 Å². The molecular formula is C18H20O4. The lowest BCUT2D eigenvalue weighted by Crippen LogP contribution is -2.44. The molecular weight excluding hydrogens is 280 g/mol. The van der Waals surface area contributed by atoms with Crippen molar-refractivity contribution in [1.29, 1.82) is 0 Å². The van der Waals surface area contributed by atoms with Crippen molar-refractivity contribution >= 4 is 0 Å². The summed E-state index contributed by atoms with van der Waals surface area (Å²) < 4.78 is 17.1. The van der Waals surface area contributed by atoms with Gasteiger partial charge in [-0.05, 0) is 24.5 Å². The lowest BCUT2D eigenvalue weighted by molar-refractivity contribution is -0.0686. The topological polar surface area (TPSA) is 47.9 Å². The summed E-state index contributed by atoms with van der Waals surface area (Å²) in [6.07, 6.45) is 8.72. The summed E-state index contributed by atoms with van der Waals surface area (Å²) in [6.45, 7) is 0.641. The SMILES string of the molecule is OCC1(C2=C(OCc3ccccc3)C=CCC2)COC=CO1. The molecule has 1 atom stereocenters. The largest absolute Gasteiger partial charge is 0.493 e. The minimum atomic E-state index is -0.842. The highest BCUT2D eigenvalue weighted by molar-refractivity contribution is 5.33. The van der Waals surface area contributed by atoms with Crippen LogP contribution in [0.3, 0.4) is 0 Å². The van der Waals surface area contributed by atoms with Crippen LogP contribution in [0.4, 0.5) is 0 Å². The summed E-state index contributed by atoms with van der Waals surface area (Å²) in [5, 5.41) is 9.84. The van der Waals surface area contributed by atoms with Gasteiger partial charge in [0.05, 0.1) is 6.61 Å². The number of ether oxygens (including phenoxy) is 3. The number of aliphatic hydroxyl groups is 1. The Labute approximate surface area is 130 Å². The van der Waals surface area contributed by atoms with Crippen molar-refractivity contribution in [3.05, 3.63) is 71.9 Å². The van der Waals surface area contributed by atoms with Gasteiger partial charge in [-0.3, -0.25) is 0 Å². The summed E-state index contributed by atoms with van der Waals surface area (Å²) in [4.78, 5) is 0. The van der Waals surface area contributed by atoms with Crippen LogP contribution in [0.15, 0.2) is 66.3 Å². The van der Waals surface area contributed by atoms with Gasteiger partial charge in [-0.25, -0.2) is 0 Å². The molecule has 0 spiro atoms. The molecule has 22 heavy (non-hydrogen) atoms. The van der Waals surface area contributed by atoms with Gasteiger partial charge in [-0.1, -0.05) is 36.4 Å². The van der Waals surface area contributed by atoms with Crippen LogP contribution >= 0.6 is 0 Å². The van der Waals surface area contributed by atoms with E-state index in [4.69, 9.17) is 14.2 Å². The molecule has 1 aliphatic carbocycles. The first kappa shape index (κ1) is 14.7. The van der Waals surface area contributed by atoms with Gasteiger partial charge in [0.2, 0.25) is 0 Å². The number of benzene rings is 1. The molecule has 1 aliphatic heterocycles. The molecule has 4 nitrogen and oxygen atoms in total. The van der Waals surface area contributed by atoms with Gasteiger partial charge in [0.25, 0.3) is 0 Å². The second-order valence-corrected chi connectivity index (χ2v) is 5.41. The molecule has 1 N–H and O–H groups in total. The van der Waals surface area contributed by atoms with E-state index in [1.165, 1.54) is 12.5 Å². The van der Waals surface area contributed by atoms with E-state index in [2.05, 4.69) is 6.08 Å². The highest BCUT2D eigenvalue weighted by Gasteiger charge is 2.40. The molecule has 0 radical (unpaired) electrons. The summed E-state index contributed by atoms with van der Waals surface area (Å²) >= 11 is 0. The number of aliphatic hydroxyl groups excluding tert-OH is 1. The summed E-state index contributed by atoms with van der Waals surface area (Å²) in [5.41, 5.74) is 1.22. The molecule has 1 aromatic carbocycles. The van der Waals surface area contributed by atoms with Crippen LogP contribution < -0.4 is 0 Å². The second kappa shape index (κ2) is 6.71. The zero-order valence-corrected chi connectivity index (χ0v) is 12.4. The molecule has 2 aliphatic rings. The lowest BCUT2D eigenvalue weighted by Gasteiger charge is -2.36. The van der Waals surface area contributed by atoms with Crippen molar-refractivity contribution in [3.63, 3.8) is 0 Å². The Kier molecular flexibility index (Phi) is 4.49. The Morgan fingerprint density at radius 2 is 2.05 bits per heavy atom. The van der Waals surface area contributed by atoms with Crippen LogP contribution in [0.2, 0.25) is 0 Å². The van der Waals surface area contributed by atoms with E-state index in [-0.39, 0.29) is 6.61 Å². The zero-order valence-electron chi connectivity index (χ0n) is 12.4. The fraction of sp³-hybridized carbons (Fsp3) is 0.333. The van der Waals surface area contributed by atoms with E-state index in [1.54, 1.807) is 0 Å². The molecule has 3 rings (SSSR count). The Bertz CT molecular complexity index is 588. The number of hydrogen-bond donors (Lipinski definition) is 1. The maximum absolute atomic E-state index is 9.84. The molecule has 1 unspecified atom stereocenters.